The number of ether oxygens (including phenoxy) is 3. The Morgan fingerprint density at radius 1 is 1.07 bits per heavy atom. The second kappa shape index (κ2) is 8.65. The summed E-state index contributed by atoms with van der Waals surface area (Å²) >= 11 is 0. The van der Waals surface area contributed by atoms with Crippen LogP contribution in [0.25, 0.3) is 0 Å². The molecule has 6 heteroatoms. The van der Waals surface area contributed by atoms with Crippen LogP contribution in [0.4, 0.5) is 0 Å². The highest BCUT2D eigenvalue weighted by molar-refractivity contribution is 5.94. The third-order valence-corrected chi connectivity index (χ3v) is 4.67. The minimum absolute atomic E-state index is 0.121. The molecule has 1 N–H and O–H groups in total. The van der Waals surface area contributed by atoms with Gasteiger partial charge in [-0.05, 0) is 60.5 Å². The van der Waals surface area contributed by atoms with Crippen LogP contribution >= 0.6 is 0 Å². The van der Waals surface area contributed by atoms with Crippen molar-refractivity contribution in [2.45, 2.75) is 19.4 Å². The Bertz CT molecular complexity index is 974. The predicted molar refractivity (Wildman–Crippen MR) is 109 cm³/mol. The first-order chi connectivity index (χ1) is 14.2. The first kappa shape index (κ1) is 18.8. The molecule has 1 atom stereocenters. The average Bonchev–Trinajstić information content (AvgIpc) is 2.78. The standard InChI is InChI=1S/C23H22N2O4/c1-2-20(17-7-10-21-22(14-17)28-13-12-27-21)25-23(26)16-5-8-18(9-6-16)29-19-4-3-11-24-15-19/h3-11,14-15,20H,2,12-13H2,1H3,(H,25,26). The van der Waals surface area contributed by atoms with Crippen LogP contribution in [0.5, 0.6) is 23.0 Å². The molecule has 6 nitrogen and oxygen atoms in total. The Balaban J connectivity index is 1.43. The van der Waals surface area contributed by atoms with Crippen LogP contribution in [0.1, 0.15) is 35.3 Å². The van der Waals surface area contributed by atoms with Gasteiger partial charge >= 0.3 is 0 Å². The van der Waals surface area contributed by atoms with Gasteiger partial charge in [0.05, 0.1) is 12.2 Å². The molecule has 0 radical (unpaired) electrons. The summed E-state index contributed by atoms with van der Waals surface area (Å²) in [5, 5.41) is 3.09. The number of nitrogens with zero attached hydrogens (tertiary/aromatic N) is 1. The van der Waals surface area contributed by atoms with Gasteiger partial charge in [-0.3, -0.25) is 9.78 Å². The molecule has 1 aliphatic heterocycles. The summed E-state index contributed by atoms with van der Waals surface area (Å²) in [5.74, 6) is 2.62. The van der Waals surface area contributed by atoms with E-state index in [1.165, 1.54) is 0 Å². The van der Waals surface area contributed by atoms with E-state index in [1.54, 1.807) is 42.7 Å². The Kier molecular flexibility index (Phi) is 5.61. The summed E-state index contributed by atoms with van der Waals surface area (Å²) in [7, 11) is 0. The Morgan fingerprint density at radius 3 is 2.59 bits per heavy atom. The third-order valence-electron chi connectivity index (χ3n) is 4.67. The molecule has 2 heterocycles. The fourth-order valence-corrected chi connectivity index (χ4v) is 3.16. The van der Waals surface area contributed by atoms with Crippen molar-refractivity contribution in [2.24, 2.45) is 0 Å². The number of benzene rings is 2. The number of nitrogens with one attached hydrogen (secondary N) is 1. The van der Waals surface area contributed by atoms with Crippen LogP contribution in [0.15, 0.2) is 67.0 Å². The second-order valence-electron chi connectivity index (χ2n) is 6.65. The maximum absolute atomic E-state index is 12.7. The highest BCUT2D eigenvalue weighted by Crippen LogP contribution is 2.33. The molecular formula is C23H22N2O4. The smallest absolute Gasteiger partial charge is 0.251 e. The molecule has 2 aromatic carbocycles. The zero-order chi connectivity index (χ0) is 20.1. The van der Waals surface area contributed by atoms with E-state index in [4.69, 9.17) is 14.2 Å². The van der Waals surface area contributed by atoms with E-state index in [0.29, 0.717) is 30.3 Å². The van der Waals surface area contributed by atoms with E-state index in [2.05, 4.69) is 10.3 Å². The molecular weight excluding hydrogens is 368 g/mol. The van der Waals surface area contributed by atoms with Gasteiger partial charge in [0.1, 0.15) is 24.7 Å². The van der Waals surface area contributed by atoms with Crippen molar-refractivity contribution in [1.29, 1.82) is 0 Å². The number of carbonyl (C=O) groups is 1. The van der Waals surface area contributed by atoms with Gasteiger partial charge in [-0.15, -0.1) is 0 Å². The number of amides is 1. The molecule has 0 saturated carbocycles. The summed E-state index contributed by atoms with van der Waals surface area (Å²) in [6, 6.07) is 16.3. The molecule has 0 fully saturated rings. The van der Waals surface area contributed by atoms with Gasteiger partial charge in [-0.25, -0.2) is 0 Å². The van der Waals surface area contributed by atoms with Gasteiger partial charge < -0.3 is 19.5 Å². The quantitative estimate of drug-likeness (QED) is 0.670. The minimum atomic E-state index is -0.139. The van der Waals surface area contributed by atoms with Crippen LogP contribution in [0, 0.1) is 0 Å². The second-order valence-corrected chi connectivity index (χ2v) is 6.65. The van der Waals surface area contributed by atoms with Crippen molar-refractivity contribution in [1.82, 2.24) is 10.3 Å². The summed E-state index contributed by atoms with van der Waals surface area (Å²) < 4.78 is 16.9. The van der Waals surface area contributed by atoms with Crippen molar-refractivity contribution in [3.8, 4) is 23.0 Å². The van der Waals surface area contributed by atoms with E-state index >= 15 is 0 Å². The van der Waals surface area contributed by atoms with Crippen LogP contribution in [-0.4, -0.2) is 24.1 Å². The molecule has 0 aliphatic carbocycles. The van der Waals surface area contributed by atoms with Gasteiger partial charge in [-0.2, -0.15) is 0 Å². The Labute approximate surface area is 169 Å². The van der Waals surface area contributed by atoms with Crippen LogP contribution in [-0.2, 0) is 0 Å². The molecule has 0 bridgehead atoms. The van der Waals surface area contributed by atoms with Gasteiger partial charge in [-0.1, -0.05) is 13.0 Å². The van der Waals surface area contributed by atoms with E-state index in [9.17, 15) is 4.79 Å². The van der Waals surface area contributed by atoms with E-state index in [-0.39, 0.29) is 11.9 Å². The first-order valence-electron chi connectivity index (χ1n) is 9.61. The summed E-state index contributed by atoms with van der Waals surface area (Å²) in [6.07, 6.45) is 4.08. The van der Waals surface area contributed by atoms with Gasteiger partial charge in [0, 0.05) is 11.8 Å². The van der Waals surface area contributed by atoms with Crippen molar-refractivity contribution in [3.05, 3.63) is 78.1 Å². The lowest BCUT2D eigenvalue weighted by Gasteiger charge is -2.22. The number of carbonyl (C=O) groups excluding carboxylic acids is 1. The monoisotopic (exact) mass is 390 g/mol. The Hall–Kier alpha value is -3.54. The van der Waals surface area contributed by atoms with Crippen molar-refractivity contribution >= 4 is 5.91 Å². The Morgan fingerprint density at radius 2 is 1.86 bits per heavy atom. The largest absolute Gasteiger partial charge is 0.486 e. The lowest BCUT2D eigenvalue weighted by molar-refractivity contribution is 0.0935. The molecule has 1 amide bonds. The third kappa shape index (κ3) is 4.48. The zero-order valence-electron chi connectivity index (χ0n) is 16.1. The lowest BCUT2D eigenvalue weighted by Crippen LogP contribution is -2.28. The number of aromatic nitrogens is 1. The van der Waals surface area contributed by atoms with Crippen LogP contribution in [0.3, 0.4) is 0 Å². The average molecular weight is 390 g/mol. The fourth-order valence-electron chi connectivity index (χ4n) is 3.16. The number of rotatable bonds is 6. The van der Waals surface area contributed by atoms with Gasteiger partial charge in [0.25, 0.3) is 5.91 Å². The minimum Gasteiger partial charge on any atom is -0.486 e. The van der Waals surface area contributed by atoms with Crippen molar-refractivity contribution in [3.63, 3.8) is 0 Å². The zero-order valence-corrected chi connectivity index (χ0v) is 16.1. The lowest BCUT2D eigenvalue weighted by atomic mass is 10.0. The van der Waals surface area contributed by atoms with E-state index in [1.807, 2.05) is 31.2 Å². The van der Waals surface area contributed by atoms with E-state index < -0.39 is 0 Å². The maximum Gasteiger partial charge on any atom is 0.251 e. The topological polar surface area (TPSA) is 69.7 Å². The highest BCUT2D eigenvalue weighted by atomic mass is 16.6. The van der Waals surface area contributed by atoms with Gasteiger partial charge in [0.2, 0.25) is 0 Å². The number of hydrogen-bond donors (Lipinski definition) is 1. The molecule has 0 saturated heterocycles. The number of hydrogen-bond acceptors (Lipinski definition) is 5. The molecule has 3 aromatic rings. The van der Waals surface area contributed by atoms with Crippen molar-refractivity contribution in [2.75, 3.05) is 13.2 Å². The summed E-state index contributed by atoms with van der Waals surface area (Å²) in [6.45, 7) is 3.13. The molecule has 1 unspecified atom stereocenters. The normalized spacial score (nSPS) is 13.4. The molecule has 1 aliphatic rings. The predicted octanol–water partition coefficient (Wildman–Crippen LogP) is 4.53. The molecule has 1 aromatic heterocycles. The summed E-state index contributed by atoms with van der Waals surface area (Å²) in [4.78, 5) is 16.7. The SMILES string of the molecule is CCC(NC(=O)c1ccc(Oc2cccnc2)cc1)c1ccc2c(c1)OCCO2. The van der Waals surface area contributed by atoms with Crippen molar-refractivity contribution < 1.29 is 19.0 Å². The fraction of sp³-hybridized carbons (Fsp3) is 0.217. The molecule has 0 spiro atoms. The number of pyridine rings is 1. The molecule has 29 heavy (non-hydrogen) atoms. The van der Waals surface area contributed by atoms with Crippen LogP contribution < -0.4 is 19.5 Å². The van der Waals surface area contributed by atoms with E-state index in [0.717, 1.165) is 23.5 Å². The highest BCUT2D eigenvalue weighted by Gasteiger charge is 2.18. The molecule has 148 valence electrons. The van der Waals surface area contributed by atoms with Crippen LogP contribution in [0.2, 0.25) is 0 Å². The molecule has 4 rings (SSSR count). The first-order valence-corrected chi connectivity index (χ1v) is 9.61. The number of fused-ring (bicyclic) bond motifs is 1. The maximum atomic E-state index is 12.7. The summed E-state index contributed by atoms with van der Waals surface area (Å²) in [5.41, 5.74) is 1.56. The van der Waals surface area contributed by atoms with Gasteiger partial charge in [0.15, 0.2) is 11.5 Å².